The Bertz CT molecular complexity index is 425. The van der Waals surface area contributed by atoms with Crippen LogP contribution in [0.3, 0.4) is 0 Å². The molecule has 2 heteroatoms. The van der Waals surface area contributed by atoms with Gasteiger partial charge in [-0.25, -0.2) is 4.99 Å². The fraction of sp³-hybridized carbons (Fsp3) is 0.308. The summed E-state index contributed by atoms with van der Waals surface area (Å²) in [6, 6.07) is 8.01. The largest absolute Gasteiger partial charge is 0.476 e. The van der Waals surface area contributed by atoms with Crippen LogP contribution in [0.5, 0.6) is 0 Å². The molecule has 1 aromatic rings. The first-order chi connectivity index (χ1) is 7.20. The van der Waals surface area contributed by atoms with Gasteiger partial charge in [0.1, 0.15) is 12.1 Å². The van der Waals surface area contributed by atoms with E-state index < -0.39 is 0 Å². The minimum absolute atomic E-state index is 0.108. The van der Waals surface area contributed by atoms with Crippen LogP contribution in [0, 0.1) is 12.3 Å². The van der Waals surface area contributed by atoms with Crippen molar-refractivity contribution in [3.63, 3.8) is 0 Å². The summed E-state index contributed by atoms with van der Waals surface area (Å²) in [6.45, 7) is 3.91. The molecule has 76 valence electrons. The second-order valence-corrected chi connectivity index (χ2v) is 3.68. The molecule has 1 aromatic carbocycles. The molecule has 0 fully saturated rings. The molecule has 0 saturated heterocycles. The van der Waals surface area contributed by atoms with E-state index in [1.165, 1.54) is 0 Å². The Morgan fingerprint density at radius 2 is 2.00 bits per heavy atom. The molecular formula is C13H13NO. The van der Waals surface area contributed by atoms with Gasteiger partial charge in [0.05, 0.1) is 0 Å². The van der Waals surface area contributed by atoms with Crippen LogP contribution in [0.25, 0.3) is 0 Å². The van der Waals surface area contributed by atoms with Gasteiger partial charge in [-0.3, -0.25) is 0 Å². The third-order valence-corrected chi connectivity index (χ3v) is 2.54. The Labute approximate surface area is 90.0 Å². The number of rotatable bonds is 1. The summed E-state index contributed by atoms with van der Waals surface area (Å²) >= 11 is 0. The monoisotopic (exact) mass is 199 g/mol. The third kappa shape index (κ3) is 1.87. The molecular weight excluding hydrogens is 186 g/mol. The molecule has 0 saturated carbocycles. The van der Waals surface area contributed by atoms with Gasteiger partial charge in [-0.2, -0.15) is 0 Å². The lowest BCUT2D eigenvalue weighted by Crippen LogP contribution is -2.11. The molecule has 2 nitrogen and oxygen atoms in total. The molecule has 2 rings (SSSR count). The van der Waals surface area contributed by atoms with E-state index in [9.17, 15) is 0 Å². The van der Waals surface area contributed by atoms with Crippen LogP contribution in [-0.4, -0.2) is 12.0 Å². The second-order valence-electron chi connectivity index (χ2n) is 3.68. The first-order valence-electron chi connectivity index (χ1n) is 4.98. The molecule has 0 radical (unpaired) electrons. The standard InChI is InChI=1S/C13H13NO/c1-4-11-5-7-12(8-6-11)13-9(2)15-10(3)14-13/h1,5-9,13H,2-3H3/t9-,13+/m1/s1. The van der Waals surface area contributed by atoms with Gasteiger partial charge in [0.15, 0.2) is 5.90 Å². The average Bonchev–Trinajstić information content (AvgIpc) is 2.58. The predicted molar refractivity (Wildman–Crippen MR) is 60.8 cm³/mol. The highest BCUT2D eigenvalue weighted by Gasteiger charge is 2.26. The fourth-order valence-corrected chi connectivity index (χ4v) is 1.79. The molecule has 0 amide bonds. The maximum Gasteiger partial charge on any atom is 0.181 e. The second kappa shape index (κ2) is 3.78. The van der Waals surface area contributed by atoms with Gasteiger partial charge in [-0.15, -0.1) is 6.42 Å². The first kappa shape index (κ1) is 9.79. The number of hydrogen-bond donors (Lipinski definition) is 0. The molecule has 15 heavy (non-hydrogen) atoms. The van der Waals surface area contributed by atoms with E-state index in [-0.39, 0.29) is 12.1 Å². The van der Waals surface area contributed by atoms with Gasteiger partial charge in [0.25, 0.3) is 0 Å². The molecule has 1 aliphatic heterocycles. The van der Waals surface area contributed by atoms with E-state index in [0.29, 0.717) is 0 Å². The highest BCUT2D eigenvalue weighted by Crippen LogP contribution is 2.28. The van der Waals surface area contributed by atoms with Crippen molar-refractivity contribution in [2.45, 2.75) is 26.0 Å². The lowest BCUT2D eigenvalue weighted by molar-refractivity contribution is 0.212. The fourth-order valence-electron chi connectivity index (χ4n) is 1.79. The van der Waals surface area contributed by atoms with Crippen LogP contribution >= 0.6 is 0 Å². The summed E-state index contributed by atoms with van der Waals surface area (Å²) < 4.78 is 5.49. The Morgan fingerprint density at radius 1 is 1.33 bits per heavy atom. The number of benzene rings is 1. The van der Waals surface area contributed by atoms with E-state index >= 15 is 0 Å². The van der Waals surface area contributed by atoms with Crippen LogP contribution in [-0.2, 0) is 4.74 Å². The maximum absolute atomic E-state index is 5.49. The van der Waals surface area contributed by atoms with Crippen molar-refractivity contribution in [2.24, 2.45) is 4.99 Å². The summed E-state index contributed by atoms with van der Waals surface area (Å²) in [6.07, 6.45) is 5.41. The zero-order chi connectivity index (χ0) is 10.8. The van der Waals surface area contributed by atoms with Crippen molar-refractivity contribution in [1.29, 1.82) is 0 Å². The van der Waals surface area contributed by atoms with Gasteiger partial charge in [-0.05, 0) is 24.6 Å². The zero-order valence-electron chi connectivity index (χ0n) is 8.90. The Hall–Kier alpha value is -1.75. The highest BCUT2D eigenvalue weighted by molar-refractivity contribution is 5.75. The number of aliphatic imine (C=N–C) groups is 1. The van der Waals surface area contributed by atoms with Gasteiger partial charge in [-0.1, -0.05) is 18.1 Å². The quantitative estimate of drug-likeness (QED) is 0.637. The summed E-state index contributed by atoms with van der Waals surface area (Å²) in [7, 11) is 0. The minimum Gasteiger partial charge on any atom is -0.476 e. The number of nitrogens with zero attached hydrogens (tertiary/aromatic N) is 1. The number of terminal acetylenes is 1. The van der Waals surface area contributed by atoms with E-state index in [1.54, 1.807) is 0 Å². The summed E-state index contributed by atoms with van der Waals surface area (Å²) in [5.74, 6) is 3.36. The first-order valence-corrected chi connectivity index (χ1v) is 4.98. The highest BCUT2D eigenvalue weighted by atomic mass is 16.5. The molecule has 0 spiro atoms. The Morgan fingerprint density at radius 3 is 2.47 bits per heavy atom. The van der Waals surface area contributed by atoms with E-state index in [2.05, 4.69) is 10.9 Å². The zero-order valence-corrected chi connectivity index (χ0v) is 8.90. The van der Waals surface area contributed by atoms with Crippen molar-refractivity contribution in [2.75, 3.05) is 0 Å². The molecule has 1 aliphatic rings. The third-order valence-electron chi connectivity index (χ3n) is 2.54. The van der Waals surface area contributed by atoms with Crippen LogP contribution in [0.2, 0.25) is 0 Å². The Balaban J connectivity index is 2.27. The minimum atomic E-state index is 0.108. The summed E-state index contributed by atoms with van der Waals surface area (Å²) in [5.41, 5.74) is 2.05. The summed E-state index contributed by atoms with van der Waals surface area (Å²) in [4.78, 5) is 4.44. The van der Waals surface area contributed by atoms with Gasteiger partial charge in [0.2, 0.25) is 0 Å². The van der Waals surface area contributed by atoms with Crippen LogP contribution < -0.4 is 0 Å². The topological polar surface area (TPSA) is 21.6 Å². The van der Waals surface area contributed by atoms with Crippen LogP contribution in [0.1, 0.15) is 31.0 Å². The summed E-state index contributed by atoms with van der Waals surface area (Å²) in [5, 5.41) is 0. The molecule has 1 heterocycles. The van der Waals surface area contributed by atoms with E-state index in [1.807, 2.05) is 38.1 Å². The van der Waals surface area contributed by atoms with E-state index in [4.69, 9.17) is 11.2 Å². The lowest BCUT2D eigenvalue weighted by Gasteiger charge is -2.12. The maximum atomic E-state index is 5.49. The average molecular weight is 199 g/mol. The normalized spacial score (nSPS) is 24.2. The SMILES string of the molecule is C#Cc1ccc([C@H]2N=C(C)O[C@@H]2C)cc1. The van der Waals surface area contributed by atoms with Crippen LogP contribution in [0.4, 0.5) is 0 Å². The smallest absolute Gasteiger partial charge is 0.181 e. The molecule has 0 N–H and O–H groups in total. The van der Waals surface area contributed by atoms with Crippen molar-refractivity contribution in [3.05, 3.63) is 35.4 Å². The molecule has 0 bridgehead atoms. The van der Waals surface area contributed by atoms with E-state index in [0.717, 1.165) is 17.0 Å². The number of hydrogen-bond acceptors (Lipinski definition) is 2. The molecule has 0 aliphatic carbocycles. The Kier molecular flexibility index (Phi) is 2.47. The molecule has 2 atom stereocenters. The lowest BCUT2D eigenvalue weighted by atomic mass is 10.0. The van der Waals surface area contributed by atoms with Crippen molar-refractivity contribution in [3.8, 4) is 12.3 Å². The number of ether oxygens (including phenoxy) is 1. The van der Waals surface area contributed by atoms with Crippen molar-refractivity contribution >= 4 is 5.90 Å². The van der Waals surface area contributed by atoms with Gasteiger partial charge in [0, 0.05) is 12.5 Å². The van der Waals surface area contributed by atoms with Gasteiger partial charge >= 0.3 is 0 Å². The van der Waals surface area contributed by atoms with Gasteiger partial charge < -0.3 is 4.74 Å². The molecule has 0 aromatic heterocycles. The predicted octanol–water partition coefficient (Wildman–Crippen LogP) is 2.55. The molecule has 0 unspecified atom stereocenters. The van der Waals surface area contributed by atoms with Crippen molar-refractivity contribution < 1.29 is 4.74 Å². The van der Waals surface area contributed by atoms with Crippen LogP contribution in [0.15, 0.2) is 29.3 Å². The van der Waals surface area contributed by atoms with Crippen molar-refractivity contribution in [1.82, 2.24) is 0 Å².